The van der Waals surface area contributed by atoms with Gasteiger partial charge in [0.2, 0.25) is 11.8 Å². The molecule has 0 bridgehead atoms. The molecule has 4 heterocycles. The number of carbonyl (C=O) groups is 5. The van der Waals surface area contributed by atoms with Crippen LogP contribution in [0, 0.1) is 22.2 Å². The molecule has 304 valence electrons. The second-order valence-electron chi connectivity index (χ2n) is 16.6. The first-order chi connectivity index (χ1) is 27.7. The fourth-order valence-electron chi connectivity index (χ4n) is 9.06. The summed E-state index contributed by atoms with van der Waals surface area (Å²) in [5, 5.41) is 15.0. The van der Waals surface area contributed by atoms with Crippen LogP contribution in [0.25, 0.3) is 0 Å². The molecule has 3 aliphatic heterocycles. The molecule has 15 heteroatoms. The van der Waals surface area contributed by atoms with E-state index in [-0.39, 0.29) is 52.9 Å². The molecule has 3 fully saturated rings. The number of ether oxygens (including phenoxy) is 2. The van der Waals surface area contributed by atoms with Gasteiger partial charge in [-0.3, -0.25) is 39.1 Å². The average Bonchev–Trinajstić information content (AvgIpc) is 3.45. The van der Waals surface area contributed by atoms with Gasteiger partial charge in [-0.2, -0.15) is 5.26 Å². The molecule has 14 nitrogen and oxygen atoms in total. The number of amides is 5. The third kappa shape index (κ3) is 7.98. The van der Waals surface area contributed by atoms with Crippen molar-refractivity contribution in [2.24, 2.45) is 10.8 Å². The summed E-state index contributed by atoms with van der Waals surface area (Å²) < 4.78 is 12.3. The summed E-state index contributed by atoms with van der Waals surface area (Å²) in [7, 11) is 0. The lowest BCUT2D eigenvalue weighted by Gasteiger charge is -2.63. The molecule has 2 saturated heterocycles. The van der Waals surface area contributed by atoms with Crippen molar-refractivity contribution in [1.29, 1.82) is 5.26 Å². The molecule has 0 radical (unpaired) electrons. The van der Waals surface area contributed by atoms with Crippen LogP contribution in [0.4, 0.5) is 5.82 Å². The van der Waals surface area contributed by atoms with Crippen molar-refractivity contribution in [3.63, 3.8) is 0 Å². The van der Waals surface area contributed by atoms with Gasteiger partial charge in [-0.25, -0.2) is 4.98 Å². The molecule has 2 aromatic carbocycles. The number of rotatable bonds is 13. The summed E-state index contributed by atoms with van der Waals surface area (Å²) in [6, 6.07) is 14.5. The first-order valence-corrected chi connectivity index (χ1v) is 20.2. The number of fused-ring (bicyclic) bond motifs is 1. The third-order valence-electron chi connectivity index (χ3n) is 11.9. The Morgan fingerprint density at radius 2 is 1.66 bits per heavy atom. The minimum Gasteiger partial charge on any atom is -0.494 e. The summed E-state index contributed by atoms with van der Waals surface area (Å²) >= 11 is 6.23. The normalized spacial score (nSPS) is 22.4. The Morgan fingerprint density at radius 3 is 2.33 bits per heavy atom. The number of piperazine rings is 1. The van der Waals surface area contributed by atoms with E-state index in [1.807, 2.05) is 12.1 Å². The Morgan fingerprint density at radius 1 is 0.931 bits per heavy atom. The van der Waals surface area contributed by atoms with Crippen LogP contribution in [0.5, 0.6) is 11.5 Å². The van der Waals surface area contributed by atoms with Crippen molar-refractivity contribution in [2.75, 3.05) is 44.2 Å². The molecule has 7 rings (SSSR count). The van der Waals surface area contributed by atoms with E-state index in [0.717, 1.165) is 62.7 Å². The lowest BCUT2D eigenvalue weighted by Crippen LogP contribution is -2.74. The van der Waals surface area contributed by atoms with Crippen molar-refractivity contribution >= 4 is 47.0 Å². The topological polar surface area (TPSA) is 174 Å². The van der Waals surface area contributed by atoms with Crippen LogP contribution in [0.1, 0.15) is 96.4 Å². The van der Waals surface area contributed by atoms with Crippen LogP contribution in [0.15, 0.2) is 54.7 Å². The maximum atomic E-state index is 13.4. The monoisotopic (exact) mass is 809 g/mol. The molecule has 1 atom stereocenters. The van der Waals surface area contributed by atoms with E-state index in [1.54, 1.807) is 42.6 Å². The molecule has 3 aromatic rings. The zero-order valence-corrected chi connectivity index (χ0v) is 33.9. The first kappa shape index (κ1) is 40.7. The second kappa shape index (κ2) is 16.4. The van der Waals surface area contributed by atoms with Gasteiger partial charge in [0.25, 0.3) is 17.7 Å². The Labute approximate surface area is 342 Å². The molecule has 1 aliphatic carbocycles. The minimum absolute atomic E-state index is 0.0723. The van der Waals surface area contributed by atoms with Crippen molar-refractivity contribution in [1.82, 2.24) is 25.4 Å². The van der Waals surface area contributed by atoms with Crippen molar-refractivity contribution in [3.8, 4) is 17.6 Å². The van der Waals surface area contributed by atoms with Crippen molar-refractivity contribution < 1.29 is 33.4 Å². The van der Waals surface area contributed by atoms with Gasteiger partial charge in [0.15, 0.2) is 0 Å². The SMILES string of the molecule is CC1(C)C(NC(=O)c2ccc(N3CCN(CCCCCOc4ccc5c(c4)C(=O)N([C@H]4CCC(=O)NC4=O)C5=O)CC3)nc2)C(C)(C)C1Oc1ccc(C#N)c(Cl)c1. The van der Waals surface area contributed by atoms with Gasteiger partial charge in [0, 0.05) is 61.7 Å². The predicted molar refractivity (Wildman–Crippen MR) is 215 cm³/mol. The average molecular weight is 810 g/mol. The zero-order chi connectivity index (χ0) is 41.4. The van der Waals surface area contributed by atoms with Gasteiger partial charge in [0.05, 0.1) is 33.9 Å². The molecule has 0 spiro atoms. The smallest absolute Gasteiger partial charge is 0.262 e. The number of aromatic nitrogens is 1. The fraction of sp³-hybridized carbons (Fsp3) is 0.465. The Kier molecular flexibility index (Phi) is 11.5. The maximum absolute atomic E-state index is 13.4. The highest BCUT2D eigenvalue weighted by Gasteiger charge is 2.64. The number of unbranched alkanes of at least 4 members (excludes halogenated alkanes) is 2. The van der Waals surface area contributed by atoms with E-state index >= 15 is 0 Å². The van der Waals surface area contributed by atoms with Crippen LogP contribution in [0.2, 0.25) is 5.02 Å². The molecular weight excluding hydrogens is 762 g/mol. The molecule has 58 heavy (non-hydrogen) atoms. The number of pyridine rings is 1. The quantitative estimate of drug-likeness (QED) is 0.176. The Balaban J connectivity index is 0.807. The standard InChI is InChI=1S/C43H48ClN7O7/c1-42(2)40(43(3,4)41(42)58-29-10-8-26(24-45)32(44)23-29)48-36(53)27-9-14-34(46-25-27)50-19-17-49(18-20-50)16-6-5-7-21-57-28-11-12-30-31(22-28)39(56)51(38(30)55)33-13-15-35(52)47-37(33)54/h8-12,14,22-23,25,33,40-41H,5-7,13,15-21H2,1-4H3,(H,48,53)(H,47,52,54)/t33-,40?,41?/m0/s1. The highest BCUT2D eigenvalue weighted by Crippen LogP contribution is 2.55. The molecule has 0 unspecified atom stereocenters. The van der Waals surface area contributed by atoms with E-state index in [1.165, 1.54) is 0 Å². The second-order valence-corrected chi connectivity index (χ2v) is 17.0. The molecular formula is C43H48ClN7O7. The van der Waals surface area contributed by atoms with Crippen LogP contribution in [-0.2, 0) is 9.59 Å². The number of nitrogens with one attached hydrogen (secondary N) is 2. The number of hydrogen-bond donors (Lipinski definition) is 2. The number of imide groups is 2. The van der Waals surface area contributed by atoms with E-state index in [2.05, 4.69) is 59.2 Å². The van der Waals surface area contributed by atoms with Crippen molar-refractivity contribution in [2.45, 2.75) is 78.0 Å². The summed E-state index contributed by atoms with van der Waals surface area (Å²) in [4.78, 5) is 73.5. The van der Waals surface area contributed by atoms with E-state index < -0.39 is 29.7 Å². The largest absolute Gasteiger partial charge is 0.494 e. The number of piperidine rings is 1. The van der Waals surface area contributed by atoms with Gasteiger partial charge < -0.3 is 19.7 Å². The highest BCUT2D eigenvalue weighted by atomic mass is 35.5. The highest BCUT2D eigenvalue weighted by molar-refractivity contribution is 6.31. The number of nitriles is 1. The molecule has 2 N–H and O–H groups in total. The van der Waals surface area contributed by atoms with Gasteiger partial charge >= 0.3 is 0 Å². The molecule has 5 amide bonds. The lowest BCUT2D eigenvalue weighted by molar-refractivity contribution is -0.164. The van der Waals surface area contributed by atoms with Crippen LogP contribution in [-0.4, -0.2) is 102 Å². The maximum Gasteiger partial charge on any atom is 0.262 e. The number of nitrogens with zero attached hydrogens (tertiary/aromatic N) is 5. The minimum atomic E-state index is -0.999. The zero-order valence-electron chi connectivity index (χ0n) is 33.2. The van der Waals surface area contributed by atoms with Gasteiger partial charge in [0.1, 0.15) is 35.5 Å². The summed E-state index contributed by atoms with van der Waals surface area (Å²) in [6.45, 7) is 13.2. The number of halogens is 1. The number of carbonyl (C=O) groups excluding carboxylic acids is 5. The number of hydrogen-bond acceptors (Lipinski definition) is 11. The molecule has 1 saturated carbocycles. The van der Waals surface area contributed by atoms with Crippen LogP contribution >= 0.6 is 11.6 Å². The fourth-order valence-corrected chi connectivity index (χ4v) is 9.28. The molecule has 1 aromatic heterocycles. The molecule has 4 aliphatic rings. The number of anilines is 1. The summed E-state index contributed by atoms with van der Waals surface area (Å²) in [5.74, 6) is -0.404. The van der Waals surface area contributed by atoms with Gasteiger partial charge in [-0.05, 0) is 74.7 Å². The number of benzene rings is 2. The van der Waals surface area contributed by atoms with Crippen LogP contribution < -0.4 is 25.0 Å². The van der Waals surface area contributed by atoms with E-state index in [9.17, 15) is 29.2 Å². The Hall–Kier alpha value is -5.52. The van der Waals surface area contributed by atoms with E-state index in [4.69, 9.17) is 21.1 Å². The third-order valence-corrected chi connectivity index (χ3v) is 12.2. The van der Waals surface area contributed by atoms with Crippen molar-refractivity contribution in [3.05, 3.63) is 82.0 Å². The van der Waals surface area contributed by atoms with E-state index in [0.29, 0.717) is 34.3 Å². The van der Waals surface area contributed by atoms with Crippen LogP contribution in [0.3, 0.4) is 0 Å². The predicted octanol–water partition coefficient (Wildman–Crippen LogP) is 4.99. The lowest BCUT2D eigenvalue weighted by atomic mass is 9.49. The summed E-state index contributed by atoms with van der Waals surface area (Å²) in [6.07, 6.45) is 4.43. The van der Waals surface area contributed by atoms with Gasteiger partial charge in [-0.1, -0.05) is 39.3 Å². The van der Waals surface area contributed by atoms with Gasteiger partial charge in [-0.15, -0.1) is 0 Å². The summed E-state index contributed by atoms with van der Waals surface area (Å²) in [5.41, 5.74) is 0.573. The first-order valence-electron chi connectivity index (χ1n) is 19.8. The Bertz CT molecular complexity index is 2140.